The number of hydrogen-bond acceptors (Lipinski definition) is 5. The Labute approximate surface area is 206 Å². The van der Waals surface area contributed by atoms with Gasteiger partial charge >= 0.3 is 5.69 Å². The Bertz CT molecular complexity index is 1200. The second-order valence-corrected chi connectivity index (χ2v) is 14.4. The number of aliphatic hydroxyl groups excluding tert-OH is 1. The summed E-state index contributed by atoms with van der Waals surface area (Å²) in [6.45, 7) is 8.90. The second kappa shape index (κ2) is 10.1. The lowest BCUT2D eigenvalue weighted by Crippen LogP contribution is -2.67. The maximum atomic E-state index is 12.4. The standard InChI is InChI=1S/C27H34N2O5Si/c1-5-21-22(34-25(24(21)31)29-17-16-23(30)28-26(29)32)18-33-35(27(2,3)4,19-12-8-6-9-13-19)20-14-10-7-11-15-20/h6-17,21-22,24-25,31H,5,18H2,1-4H3,(H,28,30,32)/t21-,22-,24-,25-/m1/s1. The number of ether oxygens (including phenoxy) is 1. The monoisotopic (exact) mass is 494 g/mol. The highest BCUT2D eigenvalue weighted by Crippen LogP contribution is 2.39. The molecule has 4 rings (SSSR count). The van der Waals surface area contributed by atoms with Crippen LogP contribution in [0.15, 0.2) is 82.5 Å². The minimum atomic E-state index is -2.78. The Kier molecular flexibility index (Phi) is 7.28. The number of benzene rings is 2. The van der Waals surface area contributed by atoms with Crippen molar-refractivity contribution in [2.45, 2.75) is 57.6 Å². The molecule has 1 fully saturated rings. The van der Waals surface area contributed by atoms with E-state index in [1.165, 1.54) is 27.2 Å². The Balaban J connectivity index is 1.71. The van der Waals surface area contributed by atoms with Gasteiger partial charge in [-0.3, -0.25) is 14.3 Å². The van der Waals surface area contributed by atoms with E-state index < -0.39 is 38.0 Å². The zero-order chi connectivity index (χ0) is 25.2. The molecule has 1 aliphatic rings. The van der Waals surface area contributed by atoms with E-state index in [-0.39, 0.29) is 17.6 Å². The highest BCUT2D eigenvalue weighted by atomic mass is 28.4. The van der Waals surface area contributed by atoms with Gasteiger partial charge in [-0.15, -0.1) is 0 Å². The van der Waals surface area contributed by atoms with E-state index in [2.05, 4.69) is 50.0 Å². The molecule has 0 aliphatic carbocycles. The van der Waals surface area contributed by atoms with Crippen molar-refractivity contribution < 1.29 is 14.3 Å². The summed E-state index contributed by atoms with van der Waals surface area (Å²) in [6.07, 6.45) is -0.189. The molecule has 186 valence electrons. The van der Waals surface area contributed by atoms with Crippen LogP contribution in [0.1, 0.15) is 40.3 Å². The SMILES string of the molecule is CC[C@H]1[C@@H](O)[C@H](n2ccc(=O)[nH]c2=O)O[C@@H]1CO[Si](c1ccccc1)(c1ccccc1)C(C)(C)C. The molecule has 2 heterocycles. The van der Waals surface area contributed by atoms with Crippen LogP contribution in [0.4, 0.5) is 0 Å². The molecule has 0 saturated carbocycles. The van der Waals surface area contributed by atoms with E-state index in [0.29, 0.717) is 6.42 Å². The van der Waals surface area contributed by atoms with E-state index in [1.54, 1.807) is 0 Å². The topological polar surface area (TPSA) is 93.6 Å². The lowest BCUT2D eigenvalue weighted by atomic mass is 9.95. The van der Waals surface area contributed by atoms with Gasteiger partial charge in [0.25, 0.3) is 13.9 Å². The molecule has 8 heteroatoms. The highest BCUT2D eigenvalue weighted by molar-refractivity contribution is 6.99. The van der Waals surface area contributed by atoms with Crippen LogP contribution < -0.4 is 21.6 Å². The van der Waals surface area contributed by atoms with Crippen molar-refractivity contribution in [2.75, 3.05) is 6.61 Å². The largest absolute Gasteiger partial charge is 0.405 e. The number of nitrogens with zero attached hydrogens (tertiary/aromatic N) is 1. The van der Waals surface area contributed by atoms with Crippen LogP contribution in [-0.2, 0) is 9.16 Å². The van der Waals surface area contributed by atoms with Gasteiger partial charge in [0.2, 0.25) is 0 Å². The summed E-state index contributed by atoms with van der Waals surface area (Å²) < 4.78 is 14.5. The van der Waals surface area contributed by atoms with Gasteiger partial charge in [0.05, 0.1) is 12.7 Å². The van der Waals surface area contributed by atoms with E-state index in [0.717, 1.165) is 0 Å². The Hall–Kier alpha value is -2.78. The number of aliphatic hydroxyl groups is 1. The third-order valence-corrected chi connectivity index (χ3v) is 12.0. The molecule has 0 amide bonds. The Morgan fingerprint density at radius 1 is 1.00 bits per heavy atom. The number of H-pyrrole nitrogens is 1. The number of aromatic nitrogens is 2. The fraction of sp³-hybridized carbons (Fsp3) is 0.407. The average Bonchev–Trinajstić information content (AvgIpc) is 3.15. The normalized spacial score (nSPS) is 22.9. The van der Waals surface area contributed by atoms with Crippen LogP contribution in [0, 0.1) is 5.92 Å². The molecule has 1 aliphatic heterocycles. The molecule has 35 heavy (non-hydrogen) atoms. The Morgan fingerprint density at radius 2 is 1.57 bits per heavy atom. The maximum Gasteiger partial charge on any atom is 0.330 e. The summed E-state index contributed by atoms with van der Waals surface area (Å²) in [6, 6.07) is 22.0. The van der Waals surface area contributed by atoms with E-state index in [9.17, 15) is 14.7 Å². The van der Waals surface area contributed by atoms with Gasteiger partial charge in [-0.2, -0.15) is 0 Å². The summed E-state index contributed by atoms with van der Waals surface area (Å²) >= 11 is 0. The summed E-state index contributed by atoms with van der Waals surface area (Å²) in [5.74, 6) is -0.225. The molecule has 3 aromatic rings. The quantitative estimate of drug-likeness (QED) is 0.492. The first kappa shape index (κ1) is 25.3. The predicted octanol–water partition coefficient (Wildman–Crippen LogP) is 2.40. The Morgan fingerprint density at radius 3 is 2.06 bits per heavy atom. The fourth-order valence-corrected chi connectivity index (χ4v) is 9.86. The minimum Gasteiger partial charge on any atom is -0.405 e. The minimum absolute atomic E-state index is 0.191. The average molecular weight is 495 g/mol. The van der Waals surface area contributed by atoms with Crippen molar-refractivity contribution in [1.29, 1.82) is 0 Å². The smallest absolute Gasteiger partial charge is 0.330 e. The maximum absolute atomic E-state index is 12.4. The van der Waals surface area contributed by atoms with Crippen LogP contribution in [0.25, 0.3) is 0 Å². The van der Waals surface area contributed by atoms with Crippen LogP contribution in [0.5, 0.6) is 0 Å². The van der Waals surface area contributed by atoms with E-state index in [4.69, 9.17) is 9.16 Å². The van der Waals surface area contributed by atoms with Crippen LogP contribution in [0.2, 0.25) is 5.04 Å². The molecule has 4 atom stereocenters. The van der Waals surface area contributed by atoms with Gasteiger partial charge in [-0.05, 0) is 21.8 Å². The molecule has 7 nitrogen and oxygen atoms in total. The number of rotatable bonds is 7. The molecular weight excluding hydrogens is 460 g/mol. The summed E-state index contributed by atoms with van der Waals surface area (Å²) in [7, 11) is -2.78. The van der Waals surface area contributed by atoms with Crippen molar-refractivity contribution in [3.8, 4) is 0 Å². The van der Waals surface area contributed by atoms with E-state index >= 15 is 0 Å². The van der Waals surface area contributed by atoms with Crippen molar-refractivity contribution in [1.82, 2.24) is 9.55 Å². The van der Waals surface area contributed by atoms with Gasteiger partial charge in [0.1, 0.15) is 6.10 Å². The summed E-state index contributed by atoms with van der Waals surface area (Å²) in [5.41, 5.74) is -1.10. The van der Waals surface area contributed by atoms with Gasteiger partial charge < -0.3 is 14.3 Å². The van der Waals surface area contributed by atoms with Crippen LogP contribution in [-0.4, -0.2) is 41.8 Å². The van der Waals surface area contributed by atoms with Crippen molar-refractivity contribution in [3.63, 3.8) is 0 Å². The molecule has 2 N–H and O–H groups in total. The molecule has 0 unspecified atom stereocenters. The molecular formula is C27H34N2O5Si. The first-order valence-corrected chi connectivity index (χ1v) is 14.0. The van der Waals surface area contributed by atoms with Crippen LogP contribution >= 0.6 is 0 Å². The highest BCUT2D eigenvalue weighted by Gasteiger charge is 2.52. The van der Waals surface area contributed by atoms with Gasteiger partial charge in [-0.25, -0.2) is 4.79 Å². The molecule has 0 radical (unpaired) electrons. The van der Waals surface area contributed by atoms with E-state index in [1.807, 2.05) is 43.3 Å². The number of aromatic amines is 1. The third-order valence-electron chi connectivity index (χ3n) is 7.00. The van der Waals surface area contributed by atoms with Crippen molar-refractivity contribution in [3.05, 3.63) is 93.8 Å². The molecule has 1 aromatic heterocycles. The summed E-state index contributed by atoms with van der Waals surface area (Å²) in [4.78, 5) is 26.1. The third kappa shape index (κ3) is 4.71. The second-order valence-electron chi connectivity index (χ2n) is 10.1. The first-order valence-electron chi connectivity index (χ1n) is 12.1. The van der Waals surface area contributed by atoms with Crippen molar-refractivity contribution in [2.24, 2.45) is 5.92 Å². The summed E-state index contributed by atoms with van der Waals surface area (Å²) in [5, 5.41) is 13.2. The lowest BCUT2D eigenvalue weighted by Gasteiger charge is -2.43. The zero-order valence-electron chi connectivity index (χ0n) is 20.7. The first-order chi connectivity index (χ1) is 16.7. The van der Waals surface area contributed by atoms with Gasteiger partial charge in [0.15, 0.2) is 6.23 Å². The zero-order valence-corrected chi connectivity index (χ0v) is 21.7. The molecule has 0 bridgehead atoms. The molecule has 2 aromatic carbocycles. The van der Waals surface area contributed by atoms with Gasteiger partial charge in [0, 0.05) is 18.2 Å². The lowest BCUT2D eigenvalue weighted by molar-refractivity contribution is -0.0516. The fourth-order valence-electron chi connectivity index (χ4n) is 5.29. The number of hydrogen-bond donors (Lipinski definition) is 2. The number of nitrogens with one attached hydrogen (secondary N) is 1. The van der Waals surface area contributed by atoms with Gasteiger partial charge in [-0.1, -0.05) is 88.4 Å². The van der Waals surface area contributed by atoms with Crippen molar-refractivity contribution >= 4 is 18.7 Å². The molecule has 0 spiro atoms. The van der Waals surface area contributed by atoms with Crippen LogP contribution in [0.3, 0.4) is 0 Å². The molecule has 1 saturated heterocycles. The predicted molar refractivity (Wildman–Crippen MR) is 139 cm³/mol.